The summed E-state index contributed by atoms with van der Waals surface area (Å²) in [5.74, 6) is 2.67. The fourth-order valence-corrected chi connectivity index (χ4v) is 3.90. The number of nitrogen functional groups attached to an aromatic ring is 1. The van der Waals surface area contributed by atoms with Gasteiger partial charge in [-0.3, -0.25) is 0 Å². The van der Waals surface area contributed by atoms with Crippen LogP contribution in [0.5, 0.6) is 0 Å². The normalized spacial score (nSPS) is 22.7. The van der Waals surface area contributed by atoms with Crippen molar-refractivity contribution in [3.8, 4) is 12.3 Å². The van der Waals surface area contributed by atoms with Crippen LogP contribution in [-0.4, -0.2) is 50.7 Å². The zero-order valence-electron chi connectivity index (χ0n) is 18.1. The molecule has 9 nitrogen and oxygen atoms in total. The summed E-state index contributed by atoms with van der Waals surface area (Å²) in [5, 5.41) is 11.2. The molecule has 0 amide bonds. The summed E-state index contributed by atoms with van der Waals surface area (Å²) in [7, 11) is 0. The standard InChI is InChI=1S/C22H29ClN4O5/c1-3-5-6-7-8-9-12-30-21(29)31-14-22(4-2)16(28)13-17(32-22)27-11-10-15-18(24)25-20(23)26-19(15)27/h2,10-11,16-17,28H,3,5-9,12-14H2,1H3,(H2,24,25,26)/t16-,17+,22+/m0/s1. The van der Waals surface area contributed by atoms with Crippen molar-refractivity contribution in [3.05, 3.63) is 17.5 Å². The van der Waals surface area contributed by atoms with E-state index in [0.29, 0.717) is 11.0 Å². The second kappa shape index (κ2) is 10.9. The summed E-state index contributed by atoms with van der Waals surface area (Å²) in [6.07, 6.45) is 11.4. The minimum Gasteiger partial charge on any atom is -0.434 e. The van der Waals surface area contributed by atoms with E-state index >= 15 is 0 Å². The highest BCUT2D eigenvalue weighted by Crippen LogP contribution is 2.39. The van der Waals surface area contributed by atoms with Crippen molar-refractivity contribution < 1.29 is 24.1 Å². The molecule has 10 heteroatoms. The molecule has 0 spiro atoms. The maximum atomic E-state index is 12.0. The number of unbranched alkanes of at least 4 members (excludes halogenated alkanes) is 5. The number of anilines is 1. The summed E-state index contributed by atoms with van der Waals surface area (Å²) in [6.45, 7) is 2.10. The van der Waals surface area contributed by atoms with Gasteiger partial charge in [0.2, 0.25) is 5.28 Å². The molecule has 0 aliphatic carbocycles. The first-order valence-corrected chi connectivity index (χ1v) is 11.2. The lowest BCUT2D eigenvalue weighted by atomic mass is 9.99. The molecule has 0 aromatic carbocycles. The minimum absolute atomic E-state index is 0.00634. The van der Waals surface area contributed by atoms with Gasteiger partial charge in [0.15, 0.2) is 5.60 Å². The molecular weight excluding hydrogens is 436 g/mol. The number of terminal acetylenes is 1. The van der Waals surface area contributed by atoms with Gasteiger partial charge in [0.25, 0.3) is 0 Å². The van der Waals surface area contributed by atoms with E-state index in [0.717, 1.165) is 19.3 Å². The molecule has 3 heterocycles. The van der Waals surface area contributed by atoms with Crippen LogP contribution in [0.4, 0.5) is 10.6 Å². The first-order valence-electron chi connectivity index (χ1n) is 10.8. The van der Waals surface area contributed by atoms with E-state index < -0.39 is 24.1 Å². The van der Waals surface area contributed by atoms with Crippen molar-refractivity contribution >= 4 is 34.6 Å². The molecule has 3 atom stereocenters. The number of aliphatic hydroxyl groups is 1. The second-order valence-electron chi connectivity index (χ2n) is 7.85. The van der Waals surface area contributed by atoms with E-state index in [1.54, 1.807) is 16.8 Å². The van der Waals surface area contributed by atoms with Crippen LogP contribution < -0.4 is 5.73 Å². The van der Waals surface area contributed by atoms with Crippen molar-refractivity contribution in [2.24, 2.45) is 0 Å². The third kappa shape index (κ3) is 5.44. The van der Waals surface area contributed by atoms with Gasteiger partial charge < -0.3 is 29.6 Å². The Morgan fingerprint density at radius 2 is 2.12 bits per heavy atom. The summed E-state index contributed by atoms with van der Waals surface area (Å²) < 4.78 is 17.9. The topological polar surface area (TPSA) is 122 Å². The zero-order valence-corrected chi connectivity index (χ0v) is 18.9. The lowest BCUT2D eigenvalue weighted by Crippen LogP contribution is -2.43. The predicted octanol–water partition coefficient (Wildman–Crippen LogP) is 3.83. The van der Waals surface area contributed by atoms with Crippen LogP contribution >= 0.6 is 11.6 Å². The Morgan fingerprint density at radius 3 is 2.88 bits per heavy atom. The predicted molar refractivity (Wildman–Crippen MR) is 120 cm³/mol. The Labute approximate surface area is 192 Å². The summed E-state index contributed by atoms with van der Waals surface area (Å²) in [5.41, 5.74) is 4.83. The SMILES string of the molecule is C#C[C@]1(COC(=O)OCCCCCCCC)O[C@@H](n2ccc3c(N)nc(Cl)nc32)C[C@@H]1O. The van der Waals surface area contributed by atoms with E-state index in [2.05, 4.69) is 22.8 Å². The number of carbonyl (C=O) groups is 1. The van der Waals surface area contributed by atoms with E-state index in [1.807, 2.05) is 0 Å². The van der Waals surface area contributed by atoms with Gasteiger partial charge in [-0.05, 0) is 24.1 Å². The van der Waals surface area contributed by atoms with Gasteiger partial charge in [-0.2, -0.15) is 4.98 Å². The lowest BCUT2D eigenvalue weighted by Gasteiger charge is -2.26. The molecule has 0 radical (unpaired) electrons. The fraction of sp³-hybridized carbons (Fsp3) is 0.591. The second-order valence-corrected chi connectivity index (χ2v) is 8.19. The third-order valence-electron chi connectivity index (χ3n) is 5.56. The van der Waals surface area contributed by atoms with Crippen LogP contribution in [0.15, 0.2) is 12.3 Å². The quantitative estimate of drug-likeness (QED) is 0.235. The molecule has 32 heavy (non-hydrogen) atoms. The van der Waals surface area contributed by atoms with Gasteiger partial charge in [0.1, 0.15) is 30.4 Å². The van der Waals surface area contributed by atoms with Crippen molar-refractivity contribution in [2.45, 2.75) is 69.8 Å². The van der Waals surface area contributed by atoms with E-state index in [-0.39, 0.29) is 30.7 Å². The number of aliphatic hydroxyl groups excluding tert-OH is 1. The number of halogens is 1. The highest BCUT2D eigenvalue weighted by molar-refractivity contribution is 6.28. The smallest absolute Gasteiger partial charge is 0.434 e. The van der Waals surface area contributed by atoms with Crippen LogP contribution in [-0.2, 0) is 14.2 Å². The van der Waals surface area contributed by atoms with Crippen LogP contribution in [0.3, 0.4) is 0 Å². The summed E-state index contributed by atoms with van der Waals surface area (Å²) in [6, 6.07) is 1.72. The maximum absolute atomic E-state index is 12.0. The first kappa shape index (κ1) is 24.1. The van der Waals surface area contributed by atoms with E-state index in [4.69, 9.17) is 38.0 Å². The van der Waals surface area contributed by atoms with Crippen molar-refractivity contribution in [1.29, 1.82) is 0 Å². The summed E-state index contributed by atoms with van der Waals surface area (Å²) in [4.78, 5) is 20.1. The monoisotopic (exact) mass is 464 g/mol. The van der Waals surface area contributed by atoms with Crippen molar-refractivity contribution in [2.75, 3.05) is 18.9 Å². The molecule has 0 bridgehead atoms. The molecule has 1 aliphatic heterocycles. The number of rotatable bonds is 10. The van der Waals surface area contributed by atoms with Gasteiger partial charge in [-0.25, -0.2) is 9.78 Å². The molecule has 1 saturated heterocycles. The fourth-order valence-electron chi connectivity index (χ4n) is 3.73. The largest absolute Gasteiger partial charge is 0.508 e. The summed E-state index contributed by atoms with van der Waals surface area (Å²) >= 11 is 5.93. The number of nitrogens with zero attached hydrogens (tertiary/aromatic N) is 3. The maximum Gasteiger partial charge on any atom is 0.508 e. The minimum atomic E-state index is -1.51. The molecule has 174 valence electrons. The van der Waals surface area contributed by atoms with Crippen LogP contribution in [0.2, 0.25) is 5.28 Å². The molecule has 1 aliphatic rings. The molecule has 2 aromatic rings. The molecule has 1 fully saturated rings. The Morgan fingerprint density at radius 1 is 1.38 bits per heavy atom. The number of carbonyl (C=O) groups excluding carboxylic acids is 1. The highest BCUT2D eigenvalue weighted by atomic mass is 35.5. The molecule has 2 aromatic heterocycles. The average Bonchev–Trinajstić information content (AvgIpc) is 3.33. The zero-order chi connectivity index (χ0) is 23.1. The number of fused-ring (bicyclic) bond motifs is 1. The first-order chi connectivity index (χ1) is 15.4. The number of ether oxygens (including phenoxy) is 3. The number of aromatic nitrogens is 3. The molecular formula is C22H29ClN4O5. The molecule has 0 unspecified atom stereocenters. The Kier molecular flexibility index (Phi) is 8.18. The van der Waals surface area contributed by atoms with E-state index in [9.17, 15) is 9.90 Å². The van der Waals surface area contributed by atoms with Gasteiger partial charge in [0.05, 0.1) is 12.0 Å². The highest BCUT2D eigenvalue weighted by Gasteiger charge is 2.49. The Bertz CT molecular complexity index is 975. The van der Waals surface area contributed by atoms with E-state index in [1.165, 1.54) is 19.3 Å². The number of hydrogen-bond donors (Lipinski definition) is 2. The van der Waals surface area contributed by atoms with Crippen LogP contribution in [0.25, 0.3) is 11.0 Å². The van der Waals surface area contributed by atoms with Crippen molar-refractivity contribution in [3.63, 3.8) is 0 Å². The van der Waals surface area contributed by atoms with Crippen LogP contribution in [0.1, 0.15) is 58.1 Å². The number of hydrogen-bond acceptors (Lipinski definition) is 8. The molecule has 3 N–H and O–H groups in total. The van der Waals surface area contributed by atoms with Gasteiger partial charge in [-0.1, -0.05) is 44.9 Å². The van der Waals surface area contributed by atoms with Crippen molar-refractivity contribution in [1.82, 2.24) is 14.5 Å². The van der Waals surface area contributed by atoms with Gasteiger partial charge in [0, 0.05) is 12.6 Å². The third-order valence-corrected chi connectivity index (χ3v) is 5.73. The molecule has 3 rings (SSSR count). The Hall–Kier alpha value is -2.54. The average molecular weight is 465 g/mol. The molecule has 0 saturated carbocycles. The van der Waals surface area contributed by atoms with Crippen LogP contribution in [0, 0.1) is 12.3 Å². The number of nitrogens with two attached hydrogens (primary N) is 1. The lowest BCUT2D eigenvalue weighted by molar-refractivity contribution is -0.0979. The van der Waals surface area contributed by atoms with Gasteiger partial charge >= 0.3 is 6.16 Å². The van der Waals surface area contributed by atoms with Gasteiger partial charge in [-0.15, -0.1) is 6.42 Å². The Balaban J connectivity index is 1.56.